The first-order valence-corrected chi connectivity index (χ1v) is 4.66. The van der Waals surface area contributed by atoms with Crippen molar-refractivity contribution in [1.82, 2.24) is 5.32 Å². The lowest BCUT2D eigenvalue weighted by Crippen LogP contribution is -2.29. The average molecular weight is 157 g/mol. The van der Waals surface area contributed by atoms with Gasteiger partial charge < -0.3 is 10.1 Å². The van der Waals surface area contributed by atoms with Crippen molar-refractivity contribution in [3.63, 3.8) is 0 Å². The predicted molar refractivity (Wildman–Crippen MR) is 46.8 cm³/mol. The van der Waals surface area contributed by atoms with Crippen LogP contribution >= 0.6 is 0 Å². The second kappa shape index (κ2) is 5.56. The Labute approximate surface area is 69.3 Å². The van der Waals surface area contributed by atoms with Crippen molar-refractivity contribution in [2.24, 2.45) is 0 Å². The molecule has 1 atom stereocenters. The average Bonchev–Trinajstić information content (AvgIpc) is 2.28. The van der Waals surface area contributed by atoms with E-state index in [-0.39, 0.29) is 0 Å². The molecule has 1 N–H and O–H groups in total. The molecule has 0 aromatic carbocycles. The highest BCUT2D eigenvalue weighted by Crippen LogP contribution is 2.10. The summed E-state index contributed by atoms with van der Waals surface area (Å²) in [6, 6.07) is 0.720. The van der Waals surface area contributed by atoms with Gasteiger partial charge in [0.15, 0.2) is 0 Å². The minimum atomic E-state index is 0.720. The largest absolute Gasteiger partial charge is 0.385 e. The third-order valence-electron chi connectivity index (χ3n) is 2.33. The van der Waals surface area contributed by atoms with E-state index in [2.05, 4.69) is 5.32 Å². The maximum atomic E-state index is 5.05. The van der Waals surface area contributed by atoms with Gasteiger partial charge in [-0.3, -0.25) is 0 Å². The summed E-state index contributed by atoms with van der Waals surface area (Å²) in [7, 11) is 1.77. The summed E-state index contributed by atoms with van der Waals surface area (Å²) in [5.74, 6) is 0. The van der Waals surface area contributed by atoms with Crippen LogP contribution in [0.5, 0.6) is 0 Å². The van der Waals surface area contributed by atoms with E-state index in [4.69, 9.17) is 4.74 Å². The zero-order valence-electron chi connectivity index (χ0n) is 7.44. The molecule has 1 fully saturated rings. The van der Waals surface area contributed by atoms with E-state index in [9.17, 15) is 0 Å². The molecule has 0 aliphatic carbocycles. The monoisotopic (exact) mass is 157 g/mol. The molecule has 1 aliphatic heterocycles. The number of rotatable bonds is 3. The van der Waals surface area contributed by atoms with E-state index in [1.165, 1.54) is 38.6 Å². The van der Waals surface area contributed by atoms with Gasteiger partial charge in [0.25, 0.3) is 0 Å². The minimum absolute atomic E-state index is 0.720. The molecule has 1 rings (SSSR count). The molecule has 2 heteroatoms. The number of hydrogen-bond acceptors (Lipinski definition) is 2. The summed E-state index contributed by atoms with van der Waals surface area (Å²) in [5.41, 5.74) is 0. The Kier molecular flexibility index (Phi) is 4.55. The number of methoxy groups -OCH3 is 1. The molecule has 1 saturated heterocycles. The van der Waals surface area contributed by atoms with Crippen LogP contribution < -0.4 is 5.32 Å². The molecular weight excluding hydrogens is 138 g/mol. The van der Waals surface area contributed by atoms with Gasteiger partial charge in [0.1, 0.15) is 0 Å². The summed E-state index contributed by atoms with van der Waals surface area (Å²) in [5, 5.41) is 3.54. The van der Waals surface area contributed by atoms with Gasteiger partial charge in [0.2, 0.25) is 0 Å². The lowest BCUT2D eigenvalue weighted by Gasteiger charge is -2.14. The van der Waals surface area contributed by atoms with Crippen molar-refractivity contribution >= 4 is 0 Å². The van der Waals surface area contributed by atoms with Gasteiger partial charge in [-0.1, -0.05) is 12.8 Å². The van der Waals surface area contributed by atoms with Gasteiger partial charge in [0, 0.05) is 19.8 Å². The summed E-state index contributed by atoms with van der Waals surface area (Å²) < 4.78 is 5.05. The van der Waals surface area contributed by atoms with Gasteiger partial charge in [-0.2, -0.15) is 0 Å². The van der Waals surface area contributed by atoms with E-state index in [1.54, 1.807) is 7.11 Å². The van der Waals surface area contributed by atoms with E-state index in [0.29, 0.717) is 0 Å². The van der Waals surface area contributed by atoms with Crippen LogP contribution in [0.2, 0.25) is 0 Å². The summed E-state index contributed by atoms with van der Waals surface area (Å²) in [6.45, 7) is 2.10. The van der Waals surface area contributed by atoms with Gasteiger partial charge >= 0.3 is 0 Å². The quantitative estimate of drug-likeness (QED) is 0.671. The standard InChI is InChI=1S/C9H19NO/c1-11-8-6-9-5-3-2-4-7-10-9/h9-10H,2-8H2,1H3. The van der Waals surface area contributed by atoms with Gasteiger partial charge in [-0.15, -0.1) is 0 Å². The van der Waals surface area contributed by atoms with Crippen molar-refractivity contribution in [3.8, 4) is 0 Å². The van der Waals surface area contributed by atoms with Gasteiger partial charge in [-0.05, 0) is 25.8 Å². The van der Waals surface area contributed by atoms with Crippen LogP contribution in [-0.2, 0) is 4.74 Å². The van der Waals surface area contributed by atoms with E-state index in [0.717, 1.165) is 12.6 Å². The Balaban J connectivity index is 2.09. The van der Waals surface area contributed by atoms with Crippen molar-refractivity contribution in [2.75, 3.05) is 20.3 Å². The molecule has 0 saturated carbocycles. The number of hydrogen-bond donors (Lipinski definition) is 1. The molecule has 1 aliphatic rings. The molecule has 0 spiro atoms. The fourth-order valence-electron chi connectivity index (χ4n) is 1.61. The lowest BCUT2D eigenvalue weighted by molar-refractivity contribution is 0.182. The number of ether oxygens (including phenoxy) is 1. The summed E-state index contributed by atoms with van der Waals surface area (Å²) >= 11 is 0. The molecular formula is C9H19NO. The maximum absolute atomic E-state index is 5.05. The molecule has 1 heterocycles. The third-order valence-corrected chi connectivity index (χ3v) is 2.33. The highest BCUT2D eigenvalue weighted by atomic mass is 16.5. The Bertz CT molecular complexity index is 87.6. The highest BCUT2D eigenvalue weighted by molar-refractivity contribution is 4.69. The van der Waals surface area contributed by atoms with Crippen molar-refractivity contribution < 1.29 is 4.74 Å². The Hall–Kier alpha value is -0.0800. The molecule has 66 valence electrons. The van der Waals surface area contributed by atoms with Crippen molar-refractivity contribution in [2.45, 2.75) is 38.1 Å². The SMILES string of the molecule is COCCC1CCCCCN1. The predicted octanol–water partition coefficient (Wildman–Crippen LogP) is 1.56. The van der Waals surface area contributed by atoms with Crippen LogP contribution in [-0.4, -0.2) is 26.3 Å². The van der Waals surface area contributed by atoms with E-state index >= 15 is 0 Å². The van der Waals surface area contributed by atoms with Crippen LogP contribution in [0.1, 0.15) is 32.1 Å². The van der Waals surface area contributed by atoms with Crippen LogP contribution in [0.4, 0.5) is 0 Å². The third kappa shape index (κ3) is 3.73. The zero-order valence-corrected chi connectivity index (χ0v) is 7.44. The molecule has 0 amide bonds. The Morgan fingerprint density at radius 2 is 2.27 bits per heavy atom. The van der Waals surface area contributed by atoms with Crippen LogP contribution in [0.25, 0.3) is 0 Å². The second-order valence-electron chi connectivity index (χ2n) is 3.28. The smallest absolute Gasteiger partial charge is 0.0477 e. The fraction of sp³-hybridized carbons (Fsp3) is 1.00. The fourth-order valence-corrected chi connectivity index (χ4v) is 1.61. The molecule has 0 aromatic heterocycles. The van der Waals surface area contributed by atoms with E-state index < -0.39 is 0 Å². The molecule has 0 aromatic rings. The molecule has 0 radical (unpaired) electrons. The zero-order chi connectivity index (χ0) is 7.94. The second-order valence-corrected chi connectivity index (χ2v) is 3.28. The first kappa shape index (κ1) is 9.01. The lowest BCUT2D eigenvalue weighted by atomic mass is 10.1. The van der Waals surface area contributed by atoms with Gasteiger partial charge in [-0.25, -0.2) is 0 Å². The van der Waals surface area contributed by atoms with Crippen LogP contribution in [0.15, 0.2) is 0 Å². The Morgan fingerprint density at radius 3 is 3.09 bits per heavy atom. The molecule has 1 unspecified atom stereocenters. The van der Waals surface area contributed by atoms with E-state index in [1.807, 2.05) is 0 Å². The molecule has 11 heavy (non-hydrogen) atoms. The highest BCUT2D eigenvalue weighted by Gasteiger charge is 2.09. The van der Waals surface area contributed by atoms with Crippen LogP contribution in [0, 0.1) is 0 Å². The molecule has 0 bridgehead atoms. The minimum Gasteiger partial charge on any atom is -0.385 e. The summed E-state index contributed by atoms with van der Waals surface area (Å²) in [6.07, 6.45) is 6.65. The number of nitrogens with one attached hydrogen (secondary N) is 1. The van der Waals surface area contributed by atoms with Crippen LogP contribution in [0.3, 0.4) is 0 Å². The molecule has 2 nitrogen and oxygen atoms in total. The van der Waals surface area contributed by atoms with Crippen molar-refractivity contribution in [1.29, 1.82) is 0 Å². The van der Waals surface area contributed by atoms with Gasteiger partial charge in [0.05, 0.1) is 0 Å². The van der Waals surface area contributed by atoms with Crippen molar-refractivity contribution in [3.05, 3.63) is 0 Å². The maximum Gasteiger partial charge on any atom is 0.0477 e. The topological polar surface area (TPSA) is 21.3 Å². The Morgan fingerprint density at radius 1 is 1.36 bits per heavy atom. The first-order valence-electron chi connectivity index (χ1n) is 4.66. The first-order chi connectivity index (χ1) is 5.43. The summed E-state index contributed by atoms with van der Waals surface area (Å²) in [4.78, 5) is 0. The normalized spacial score (nSPS) is 26.5.